The lowest BCUT2D eigenvalue weighted by molar-refractivity contribution is -0.132. The Kier molecular flexibility index (Phi) is 4.58. The van der Waals surface area contributed by atoms with E-state index in [9.17, 15) is 4.79 Å². The molecule has 0 heterocycles. The minimum absolute atomic E-state index is 0.00162. The van der Waals surface area contributed by atoms with Crippen molar-refractivity contribution in [1.29, 1.82) is 0 Å². The predicted molar refractivity (Wildman–Crippen MR) is 39.5 cm³/mol. The van der Waals surface area contributed by atoms with Gasteiger partial charge in [-0.25, -0.2) is 0 Å². The van der Waals surface area contributed by atoms with Crippen LogP contribution in [0.3, 0.4) is 0 Å². The van der Waals surface area contributed by atoms with Crippen LogP contribution in [0.25, 0.3) is 0 Å². The quantitative estimate of drug-likeness (QED) is 0.426. The van der Waals surface area contributed by atoms with E-state index in [-0.39, 0.29) is 5.91 Å². The van der Waals surface area contributed by atoms with Crippen LogP contribution >= 0.6 is 0 Å². The molecule has 0 aromatic carbocycles. The van der Waals surface area contributed by atoms with E-state index in [2.05, 4.69) is 6.58 Å². The van der Waals surface area contributed by atoms with Crippen LogP contribution in [-0.2, 0) is 9.53 Å². The van der Waals surface area contributed by atoms with E-state index < -0.39 is 0 Å². The second-order valence-electron chi connectivity index (χ2n) is 1.95. The molecular weight excluding hydrogens is 130 g/mol. The first-order valence-corrected chi connectivity index (χ1v) is 3.07. The lowest BCUT2D eigenvalue weighted by Crippen LogP contribution is -2.30. The zero-order valence-corrected chi connectivity index (χ0v) is 6.46. The van der Waals surface area contributed by atoms with Gasteiger partial charge in [0.15, 0.2) is 0 Å². The van der Waals surface area contributed by atoms with Crippen molar-refractivity contribution in [2.75, 3.05) is 20.4 Å². The van der Waals surface area contributed by atoms with Crippen LogP contribution in [0.15, 0.2) is 12.7 Å². The van der Waals surface area contributed by atoms with E-state index in [1.165, 1.54) is 6.92 Å². The van der Waals surface area contributed by atoms with E-state index in [1.54, 1.807) is 18.1 Å². The maximum atomic E-state index is 10.7. The lowest BCUT2D eigenvalue weighted by atomic mass is 10.5. The van der Waals surface area contributed by atoms with Gasteiger partial charge in [0.2, 0.25) is 5.91 Å². The van der Waals surface area contributed by atoms with Gasteiger partial charge in [-0.3, -0.25) is 4.79 Å². The van der Waals surface area contributed by atoms with E-state index in [4.69, 9.17) is 4.74 Å². The van der Waals surface area contributed by atoms with Gasteiger partial charge >= 0.3 is 0 Å². The SMILES string of the molecule is C=CCN(COC)C(C)=O. The number of nitrogens with zero attached hydrogens (tertiary/aromatic N) is 1. The zero-order valence-electron chi connectivity index (χ0n) is 6.46. The van der Waals surface area contributed by atoms with Crippen molar-refractivity contribution in [3.05, 3.63) is 12.7 Å². The molecule has 10 heavy (non-hydrogen) atoms. The molecule has 0 saturated heterocycles. The van der Waals surface area contributed by atoms with Gasteiger partial charge in [0.25, 0.3) is 0 Å². The lowest BCUT2D eigenvalue weighted by Gasteiger charge is -2.16. The molecule has 0 spiro atoms. The average molecular weight is 143 g/mol. The number of ether oxygens (including phenoxy) is 1. The number of methoxy groups -OCH3 is 1. The van der Waals surface area contributed by atoms with Gasteiger partial charge in [0, 0.05) is 20.6 Å². The molecule has 0 aromatic rings. The van der Waals surface area contributed by atoms with Crippen LogP contribution in [0, 0.1) is 0 Å². The van der Waals surface area contributed by atoms with Gasteiger partial charge in [0.05, 0.1) is 0 Å². The average Bonchev–Trinajstić information content (AvgIpc) is 1.87. The first kappa shape index (κ1) is 9.17. The highest BCUT2D eigenvalue weighted by Gasteiger charge is 2.03. The summed E-state index contributed by atoms with van der Waals surface area (Å²) >= 11 is 0. The molecule has 0 unspecified atom stereocenters. The molecule has 0 aliphatic heterocycles. The minimum Gasteiger partial charge on any atom is -0.364 e. The topological polar surface area (TPSA) is 29.5 Å². The summed E-state index contributed by atoms with van der Waals surface area (Å²) in [4.78, 5) is 12.3. The molecule has 58 valence electrons. The van der Waals surface area contributed by atoms with Gasteiger partial charge in [-0.2, -0.15) is 0 Å². The second-order valence-corrected chi connectivity index (χ2v) is 1.95. The molecule has 0 aromatic heterocycles. The van der Waals surface area contributed by atoms with Crippen molar-refractivity contribution in [1.82, 2.24) is 4.90 Å². The van der Waals surface area contributed by atoms with Gasteiger partial charge in [-0.15, -0.1) is 6.58 Å². The molecule has 1 amide bonds. The molecule has 0 aliphatic carbocycles. The Bertz CT molecular complexity index is 123. The van der Waals surface area contributed by atoms with Gasteiger partial charge < -0.3 is 9.64 Å². The Labute approximate surface area is 61.3 Å². The molecular formula is C7H13NO2. The van der Waals surface area contributed by atoms with Crippen molar-refractivity contribution < 1.29 is 9.53 Å². The fourth-order valence-corrected chi connectivity index (χ4v) is 0.584. The van der Waals surface area contributed by atoms with Crippen molar-refractivity contribution in [3.8, 4) is 0 Å². The first-order chi connectivity index (χ1) is 4.72. The highest BCUT2D eigenvalue weighted by Crippen LogP contribution is 1.88. The summed E-state index contributed by atoms with van der Waals surface area (Å²) in [5.41, 5.74) is 0. The van der Waals surface area contributed by atoms with Gasteiger partial charge in [-0.1, -0.05) is 6.08 Å². The number of rotatable bonds is 4. The van der Waals surface area contributed by atoms with Crippen LogP contribution in [0.2, 0.25) is 0 Å². The molecule has 3 nitrogen and oxygen atoms in total. The van der Waals surface area contributed by atoms with E-state index >= 15 is 0 Å². The second kappa shape index (κ2) is 4.99. The predicted octanol–water partition coefficient (Wildman–Crippen LogP) is 0.625. The van der Waals surface area contributed by atoms with Crippen molar-refractivity contribution >= 4 is 5.91 Å². The minimum atomic E-state index is 0.00162. The van der Waals surface area contributed by atoms with E-state index in [0.717, 1.165) is 0 Å². The van der Waals surface area contributed by atoms with Crippen molar-refractivity contribution in [3.63, 3.8) is 0 Å². The third-order valence-electron chi connectivity index (χ3n) is 1.08. The number of hydrogen-bond donors (Lipinski definition) is 0. The standard InChI is InChI=1S/C7H13NO2/c1-4-5-8(6-10-3)7(2)9/h4H,1,5-6H2,2-3H3. The molecule has 0 fully saturated rings. The van der Waals surface area contributed by atoms with E-state index in [1.807, 2.05) is 0 Å². The number of amides is 1. The smallest absolute Gasteiger partial charge is 0.221 e. The maximum Gasteiger partial charge on any atom is 0.221 e. The van der Waals surface area contributed by atoms with Crippen molar-refractivity contribution in [2.45, 2.75) is 6.92 Å². The fourth-order valence-electron chi connectivity index (χ4n) is 0.584. The van der Waals surface area contributed by atoms with Crippen LogP contribution in [-0.4, -0.2) is 31.2 Å². The Morgan fingerprint density at radius 1 is 1.80 bits per heavy atom. The molecule has 0 rings (SSSR count). The molecule has 0 bridgehead atoms. The number of hydrogen-bond acceptors (Lipinski definition) is 2. The summed E-state index contributed by atoms with van der Waals surface area (Å²) in [7, 11) is 1.55. The number of carbonyl (C=O) groups excluding carboxylic acids is 1. The third kappa shape index (κ3) is 3.25. The monoisotopic (exact) mass is 143 g/mol. The summed E-state index contributed by atoms with van der Waals surface area (Å²) in [5.74, 6) is 0.00162. The Morgan fingerprint density at radius 3 is 2.70 bits per heavy atom. The Hall–Kier alpha value is -0.830. The van der Waals surface area contributed by atoms with Gasteiger partial charge in [0.1, 0.15) is 6.73 Å². The highest BCUT2D eigenvalue weighted by atomic mass is 16.5. The largest absolute Gasteiger partial charge is 0.364 e. The van der Waals surface area contributed by atoms with E-state index in [0.29, 0.717) is 13.3 Å². The fraction of sp³-hybridized carbons (Fsp3) is 0.571. The van der Waals surface area contributed by atoms with Crippen LogP contribution in [0.5, 0.6) is 0 Å². The van der Waals surface area contributed by atoms with Crippen LogP contribution in [0.4, 0.5) is 0 Å². The molecule has 0 atom stereocenters. The third-order valence-corrected chi connectivity index (χ3v) is 1.08. The van der Waals surface area contributed by atoms with Crippen LogP contribution in [0.1, 0.15) is 6.92 Å². The van der Waals surface area contributed by atoms with Crippen LogP contribution < -0.4 is 0 Å². The molecule has 0 radical (unpaired) electrons. The normalized spacial score (nSPS) is 9.00. The summed E-state index contributed by atoms with van der Waals surface area (Å²) in [5, 5.41) is 0. The number of carbonyl (C=O) groups is 1. The Morgan fingerprint density at radius 2 is 2.40 bits per heavy atom. The van der Waals surface area contributed by atoms with Crippen molar-refractivity contribution in [2.24, 2.45) is 0 Å². The molecule has 0 N–H and O–H groups in total. The molecule has 0 saturated carbocycles. The van der Waals surface area contributed by atoms with Gasteiger partial charge in [-0.05, 0) is 0 Å². The summed E-state index contributed by atoms with van der Waals surface area (Å²) in [6.07, 6.45) is 1.67. The Balaban J connectivity index is 3.71. The molecule has 0 aliphatic rings. The summed E-state index contributed by atoms with van der Waals surface area (Å²) in [6.45, 7) is 5.90. The zero-order chi connectivity index (χ0) is 7.98. The summed E-state index contributed by atoms with van der Waals surface area (Å²) in [6, 6.07) is 0. The first-order valence-electron chi connectivity index (χ1n) is 3.07. The summed E-state index contributed by atoms with van der Waals surface area (Å²) < 4.78 is 4.78. The highest BCUT2D eigenvalue weighted by molar-refractivity contribution is 5.73. The maximum absolute atomic E-state index is 10.7. The molecule has 3 heteroatoms.